The molecular weight excluding hydrogens is 410 g/mol. The Labute approximate surface area is 166 Å². The second-order valence-corrected chi connectivity index (χ2v) is 6.85. The van der Waals surface area contributed by atoms with E-state index in [0.29, 0.717) is 18.8 Å². The fraction of sp³-hybridized carbons (Fsp3) is 0.250. The van der Waals surface area contributed by atoms with Gasteiger partial charge in [-0.05, 0) is 35.9 Å². The molecule has 6 nitrogen and oxygen atoms in total. The van der Waals surface area contributed by atoms with Crippen molar-refractivity contribution in [1.29, 1.82) is 0 Å². The summed E-state index contributed by atoms with van der Waals surface area (Å²) in [4.78, 5) is 20.9. The molecule has 0 radical (unpaired) electrons. The van der Waals surface area contributed by atoms with Crippen LogP contribution in [0.1, 0.15) is 17.7 Å². The first kappa shape index (κ1) is 19.1. The lowest BCUT2D eigenvalue weighted by molar-refractivity contribution is -0.140. The summed E-state index contributed by atoms with van der Waals surface area (Å²) in [5.74, 6) is 1.21. The number of nitrogens with one attached hydrogen (secondary N) is 1. The van der Waals surface area contributed by atoms with Crippen LogP contribution < -0.4 is 10.1 Å². The fourth-order valence-electron chi connectivity index (χ4n) is 2.63. The van der Waals surface area contributed by atoms with E-state index in [1.807, 2.05) is 42.5 Å². The molecule has 3 rings (SSSR count). The van der Waals surface area contributed by atoms with Gasteiger partial charge >= 0.3 is 5.97 Å². The first-order valence-electron chi connectivity index (χ1n) is 8.49. The van der Waals surface area contributed by atoms with Gasteiger partial charge in [-0.3, -0.25) is 4.79 Å². The van der Waals surface area contributed by atoms with Gasteiger partial charge < -0.3 is 14.8 Å². The van der Waals surface area contributed by atoms with E-state index >= 15 is 0 Å². The number of esters is 1. The van der Waals surface area contributed by atoms with Crippen LogP contribution in [0.4, 0.5) is 5.82 Å². The predicted molar refractivity (Wildman–Crippen MR) is 108 cm³/mol. The molecule has 0 bridgehead atoms. The van der Waals surface area contributed by atoms with Crippen LogP contribution >= 0.6 is 15.9 Å². The number of ether oxygens (including phenoxy) is 2. The largest absolute Gasteiger partial charge is 0.497 e. The SMILES string of the molecule is COC(=O)CCc1nc2cc(Br)ccc2nc1NCc1ccc(OC)cc1. The molecule has 0 spiro atoms. The zero-order valence-electron chi connectivity index (χ0n) is 15.2. The molecular formula is C20H20BrN3O3. The number of halogens is 1. The number of nitrogens with zero attached hydrogens (tertiary/aromatic N) is 2. The Morgan fingerprint density at radius 3 is 2.56 bits per heavy atom. The van der Waals surface area contributed by atoms with Gasteiger partial charge in [-0.15, -0.1) is 0 Å². The van der Waals surface area contributed by atoms with Gasteiger partial charge in [0.15, 0.2) is 0 Å². The zero-order chi connectivity index (χ0) is 19.2. The summed E-state index contributed by atoms with van der Waals surface area (Å²) in [6.45, 7) is 0.589. The fourth-order valence-corrected chi connectivity index (χ4v) is 2.98. The minimum Gasteiger partial charge on any atom is -0.497 e. The van der Waals surface area contributed by atoms with Crippen LogP contribution in [0, 0.1) is 0 Å². The zero-order valence-corrected chi connectivity index (χ0v) is 16.7. The first-order valence-corrected chi connectivity index (χ1v) is 9.28. The molecule has 140 valence electrons. The van der Waals surface area contributed by atoms with Crippen LogP contribution in [-0.2, 0) is 22.5 Å². The van der Waals surface area contributed by atoms with Crippen LogP contribution in [0.3, 0.4) is 0 Å². The number of rotatable bonds is 7. The third-order valence-electron chi connectivity index (χ3n) is 4.11. The Morgan fingerprint density at radius 1 is 1.07 bits per heavy atom. The van der Waals surface area contributed by atoms with Crippen molar-refractivity contribution in [3.8, 4) is 5.75 Å². The summed E-state index contributed by atoms with van der Waals surface area (Å²) in [6.07, 6.45) is 0.703. The molecule has 1 heterocycles. The van der Waals surface area contributed by atoms with Gasteiger partial charge in [0.1, 0.15) is 11.6 Å². The molecule has 3 aromatic rings. The molecule has 1 aromatic heterocycles. The quantitative estimate of drug-likeness (QED) is 0.569. The van der Waals surface area contributed by atoms with E-state index in [1.54, 1.807) is 7.11 Å². The predicted octanol–water partition coefficient (Wildman–Crippen LogP) is 4.12. The summed E-state index contributed by atoms with van der Waals surface area (Å²) in [7, 11) is 3.03. The average molecular weight is 430 g/mol. The van der Waals surface area contributed by atoms with Crippen LogP contribution in [0.2, 0.25) is 0 Å². The van der Waals surface area contributed by atoms with Crippen molar-refractivity contribution in [2.45, 2.75) is 19.4 Å². The monoisotopic (exact) mass is 429 g/mol. The highest BCUT2D eigenvalue weighted by Crippen LogP contribution is 2.22. The second kappa shape index (κ2) is 8.81. The lowest BCUT2D eigenvalue weighted by Crippen LogP contribution is -2.09. The topological polar surface area (TPSA) is 73.3 Å². The van der Waals surface area contributed by atoms with Crippen LogP contribution in [-0.4, -0.2) is 30.2 Å². The third kappa shape index (κ3) is 4.95. The van der Waals surface area contributed by atoms with Crippen LogP contribution in [0.5, 0.6) is 5.75 Å². The summed E-state index contributed by atoms with van der Waals surface area (Å²) >= 11 is 3.45. The molecule has 27 heavy (non-hydrogen) atoms. The highest BCUT2D eigenvalue weighted by atomic mass is 79.9. The Bertz CT molecular complexity index is 945. The highest BCUT2D eigenvalue weighted by Gasteiger charge is 2.12. The second-order valence-electron chi connectivity index (χ2n) is 5.93. The van der Waals surface area contributed by atoms with Crippen LogP contribution in [0.15, 0.2) is 46.9 Å². The number of benzene rings is 2. The van der Waals surface area contributed by atoms with Crippen molar-refractivity contribution in [2.24, 2.45) is 0 Å². The molecule has 0 amide bonds. The molecule has 0 aliphatic carbocycles. The number of hydrogen-bond acceptors (Lipinski definition) is 6. The molecule has 7 heteroatoms. The van der Waals surface area contributed by atoms with Crippen molar-refractivity contribution in [2.75, 3.05) is 19.5 Å². The number of fused-ring (bicyclic) bond motifs is 1. The van der Waals surface area contributed by atoms with Crippen LogP contribution in [0.25, 0.3) is 11.0 Å². The number of carbonyl (C=O) groups excluding carboxylic acids is 1. The van der Waals surface area contributed by atoms with Gasteiger partial charge in [-0.25, -0.2) is 9.97 Å². The standard InChI is InChI=1S/C20H20BrN3O3/c1-26-15-6-3-13(4-7-15)12-22-20-17(9-10-19(25)27-2)23-18-11-14(21)5-8-16(18)24-20/h3-8,11H,9-10,12H2,1-2H3,(H,22,24). The smallest absolute Gasteiger partial charge is 0.305 e. The normalized spacial score (nSPS) is 10.6. The van der Waals surface area contributed by atoms with Gasteiger partial charge in [-0.2, -0.15) is 0 Å². The number of aromatic nitrogens is 2. The Hall–Kier alpha value is -2.67. The van der Waals surface area contributed by atoms with E-state index in [-0.39, 0.29) is 12.4 Å². The van der Waals surface area contributed by atoms with Crippen molar-refractivity contribution in [1.82, 2.24) is 9.97 Å². The van der Waals surface area contributed by atoms with Crippen molar-refractivity contribution >= 4 is 38.8 Å². The number of methoxy groups -OCH3 is 2. The van der Waals surface area contributed by atoms with E-state index in [4.69, 9.17) is 19.4 Å². The Morgan fingerprint density at radius 2 is 1.85 bits per heavy atom. The minimum absolute atomic E-state index is 0.252. The molecule has 0 fully saturated rings. The maximum atomic E-state index is 11.5. The first-order chi connectivity index (χ1) is 13.1. The minimum atomic E-state index is -0.271. The van der Waals surface area contributed by atoms with Gasteiger partial charge in [0, 0.05) is 17.4 Å². The van der Waals surface area contributed by atoms with E-state index in [1.165, 1.54) is 7.11 Å². The van der Waals surface area contributed by atoms with Crippen molar-refractivity contribution < 1.29 is 14.3 Å². The van der Waals surface area contributed by atoms with E-state index in [0.717, 1.165) is 32.5 Å². The lowest BCUT2D eigenvalue weighted by Gasteiger charge is -2.12. The van der Waals surface area contributed by atoms with Gasteiger partial charge in [0.2, 0.25) is 0 Å². The molecule has 0 saturated carbocycles. The maximum absolute atomic E-state index is 11.5. The summed E-state index contributed by atoms with van der Waals surface area (Å²) in [6, 6.07) is 13.6. The summed E-state index contributed by atoms with van der Waals surface area (Å²) in [5.41, 5.74) is 3.39. The van der Waals surface area contributed by atoms with Gasteiger partial charge in [-0.1, -0.05) is 28.1 Å². The maximum Gasteiger partial charge on any atom is 0.305 e. The number of carbonyl (C=O) groups is 1. The highest BCUT2D eigenvalue weighted by molar-refractivity contribution is 9.10. The van der Waals surface area contributed by atoms with Crippen molar-refractivity contribution in [3.63, 3.8) is 0 Å². The van der Waals surface area contributed by atoms with E-state index in [2.05, 4.69) is 21.2 Å². The number of hydrogen-bond donors (Lipinski definition) is 1. The number of aryl methyl sites for hydroxylation is 1. The molecule has 0 aliphatic rings. The van der Waals surface area contributed by atoms with Crippen molar-refractivity contribution in [3.05, 3.63) is 58.2 Å². The van der Waals surface area contributed by atoms with E-state index < -0.39 is 0 Å². The Balaban J connectivity index is 1.85. The summed E-state index contributed by atoms with van der Waals surface area (Å²) < 4.78 is 10.9. The molecule has 2 aromatic carbocycles. The third-order valence-corrected chi connectivity index (χ3v) is 4.60. The Kier molecular flexibility index (Phi) is 6.24. The molecule has 0 unspecified atom stereocenters. The van der Waals surface area contributed by atoms with Gasteiger partial charge in [0.05, 0.1) is 37.4 Å². The summed E-state index contributed by atoms with van der Waals surface area (Å²) in [5, 5.41) is 3.34. The average Bonchev–Trinajstić information content (AvgIpc) is 2.70. The number of anilines is 1. The molecule has 1 N–H and O–H groups in total. The molecule has 0 atom stereocenters. The molecule has 0 aliphatic heterocycles. The lowest BCUT2D eigenvalue weighted by atomic mass is 10.2. The van der Waals surface area contributed by atoms with E-state index in [9.17, 15) is 4.79 Å². The van der Waals surface area contributed by atoms with Gasteiger partial charge in [0.25, 0.3) is 0 Å². The molecule has 0 saturated heterocycles.